The maximum absolute atomic E-state index is 12.2. The Morgan fingerprint density at radius 3 is 2.39 bits per heavy atom. The molecule has 0 aliphatic carbocycles. The molecule has 5 N–H and O–H groups in total. The number of phenols is 2. The van der Waals surface area contributed by atoms with E-state index in [1.165, 1.54) is 13.0 Å². The van der Waals surface area contributed by atoms with E-state index < -0.39 is 27.9 Å². The van der Waals surface area contributed by atoms with Gasteiger partial charge in [0.15, 0.2) is 17.3 Å². The van der Waals surface area contributed by atoms with Crippen LogP contribution in [-0.2, 0) is 0 Å². The van der Waals surface area contributed by atoms with Crippen LogP contribution in [0.5, 0.6) is 17.2 Å². The van der Waals surface area contributed by atoms with Crippen molar-refractivity contribution < 1.29 is 29.9 Å². The van der Waals surface area contributed by atoms with Crippen molar-refractivity contribution in [2.75, 3.05) is 0 Å². The largest absolute Gasteiger partial charge is 0.512 e. The van der Waals surface area contributed by atoms with Gasteiger partial charge in [-0.2, -0.15) is 0 Å². The number of hydrogen-bond donors (Lipinski definition) is 5. The van der Waals surface area contributed by atoms with E-state index in [0.29, 0.717) is 0 Å². The third kappa shape index (κ3) is 2.98. The van der Waals surface area contributed by atoms with Crippen LogP contribution in [0.4, 0.5) is 0 Å². The molecule has 0 atom stereocenters. The fourth-order valence-corrected chi connectivity index (χ4v) is 1.96. The maximum Gasteiger partial charge on any atom is 0.238 e. The highest BCUT2D eigenvalue weighted by atomic mass is 16.4. The van der Waals surface area contributed by atoms with E-state index >= 15 is 0 Å². The number of rotatable bonds is 2. The molecule has 0 saturated heterocycles. The third-order valence-corrected chi connectivity index (χ3v) is 3.00. The molecular weight excluding hydrogens is 304 g/mol. The number of benzene rings is 1. The van der Waals surface area contributed by atoms with Crippen molar-refractivity contribution in [1.82, 2.24) is 0 Å². The first kappa shape index (κ1) is 16.0. The summed E-state index contributed by atoms with van der Waals surface area (Å²) in [5.41, 5.74) is -1.08. The van der Waals surface area contributed by atoms with Crippen LogP contribution in [0.25, 0.3) is 23.7 Å². The Morgan fingerprint density at radius 2 is 1.83 bits per heavy atom. The quantitative estimate of drug-likeness (QED) is 0.411. The van der Waals surface area contributed by atoms with E-state index in [9.17, 15) is 25.2 Å². The van der Waals surface area contributed by atoms with E-state index in [0.717, 1.165) is 18.2 Å². The standard InChI is InChI=1S/C16H14O7/c1-7(17)5-12(20)13-8(2)23-16(15(22)14(13)21)9-3-4-10(18)11(19)6-9/h3-6,17-20,22H,2H2,1H3/b7-5+,13-12-. The Kier molecular flexibility index (Phi) is 4.04. The first-order valence-corrected chi connectivity index (χ1v) is 6.40. The first-order chi connectivity index (χ1) is 10.7. The summed E-state index contributed by atoms with van der Waals surface area (Å²) in [7, 11) is 0. The second kappa shape index (κ2) is 5.80. The lowest BCUT2D eigenvalue weighted by atomic mass is 10.1. The molecule has 0 saturated carbocycles. The summed E-state index contributed by atoms with van der Waals surface area (Å²) >= 11 is 0. The molecule has 0 radical (unpaired) electrons. The van der Waals surface area contributed by atoms with Gasteiger partial charge in [0.2, 0.25) is 11.2 Å². The van der Waals surface area contributed by atoms with Gasteiger partial charge in [0.05, 0.1) is 5.76 Å². The van der Waals surface area contributed by atoms with Crippen LogP contribution in [0, 0.1) is 0 Å². The summed E-state index contributed by atoms with van der Waals surface area (Å²) in [5.74, 6) is -2.80. The Labute approximate surface area is 129 Å². The van der Waals surface area contributed by atoms with Crippen molar-refractivity contribution in [1.29, 1.82) is 0 Å². The minimum absolute atomic E-state index is 0.125. The van der Waals surface area contributed by atoms with Gasteiger partial charge in [-0.1, -0.05) is 6.58 Å². The molecule has 120 valence electrons. The second-order valence-electron chi connectivity index (χ2n) is 4.78. The summed E-state index contributed by atoms with van der Waals surface area (Å²) in [6.07, 6.45) is 0.909. The summed E-state index contributed by atoms with van der Waals surface area (Å²) in [6, 6.07) is 3.56. The molecule has 1 aromatic heterocycles. The maximum atomic E-state index is 12.2. The zero-order valence-corrected chi connectivity index (χ0v) is 12.1. The number of aromatic hydroxyl groups is 3. The number of aliphatic hydroxyl groups is 2. The molecule has 1 aromatic carbocycles. The lowest BCUT2D eigenvalue weighted by Gasteiger charge is -2.05. The van der Waals surface area contributed by atoms with Crippen LogP contribution in [0.1, 0.15) is 6.92 Å². The monoisotopic (exact) mass is 318 g/mol. The normalized spacial score (nSPS) is 13.0. The highest BCUT2D eigenvalue weighted by Crippen LogP contribution is 2.32. The van der Waals surface area contributed by atoms with Gasteiger partial charge in [-0.05, 0) is 25.1 Å². The molecule has 0 aliphatic rings. The molecule has 2 rings (SSSR count). The van der Waals surface area contributed by atoms with E-state index in [-0.39, 0.29) is 28.2 Å². The van der Waals surface area contributed by atoms with Crippen molar-refractivity contribution in [3.8, 4) is 28.6 Å². The average Bonchev–Trinajstić information content (AvgIpc) is 2.45. The van der Waals surface area contributed by atoms with Gasteiger partial charge in [0, 0.05) is 11.6 Å². The van der Waals surface area contributed by atoms with Crippen LogP contribution >= 0.6 is 0 Å². The molecular formula is C16H14O7. The van der Waals surface area contributed by atoms with Gasteiger partial charge in [0.25, 0.3) is 0 Å². The van der Waals surface area contributed by atoms with Crippen molar-refractivity contribution in [2.45, 2.75) is 6.92 Å². The molecule has 0 unspecified atom stereocenters. The summed E-state index contributed by atoms with van der Waals surface area (Å²) < 4.78 is 5.26. The summed E-state index contributed by atoms with van der Waals surface area (Å²) in [5, 5.41) is 47.3. The van der Waals surface area contributed by atoms with Crippen molar-refractivity contribution in [3.05, 3.63) is 50.9 Å². The molecule has 0 fully saturated rings. The molecule has 1 heterocycles. The zero-order chi connectivity index (χ0) is 17.3. The lowest BCUT2D eigenvalue weighted by Crippen LogP contribution is -2.39. The van der Waals surface area contributed by atoms with Crippen LogP contribution in [-0.4, -0.2) is 25.5 Å². The molecule has 0 amide bonds. The summed E-state index contributed by atoms with van der Waals surface area (Å²) in [4.78, 5) is 12.2. The molecule has 2 aromatic rings. The van der Waals surface area contributed by atoms with Crippen molar-refractivity contribution in [2.24, 2.45) is 0 Å². The Balaban J connectivity index is 2.83. The van der Waals surface area contributed by atoms with Crippen molar-refractivity contribution >= 4 is 12.3 Å². The number of hydrogen-bond acceptors (Lipinski definition) is 7. The number of aliphatic hydroxyl groups excluding tert-OH is 2. The predicted molar refractivity (Wildman–Crippen MR) is 82.6 cm³/mol. The molecule has 7 nitrogen and oxygen atoms in total. The topological polar surface area (TPSA) is 131 Å². The average molecular weight is 318 g/mol. The van der Waals surface area contributed by atoms with Gasteiger partial charge in [-0.15, -0.1) is 0 Å². The van der Waals surface area contributed by atoms with Gasteiger partial charge < -0.3 is 29.9 Å². The van der Waals surface area contributed by atoms with Crippen LogP contribution in [0.3, 0.4) is 0 Å². The fraction of sp³-hybridized carbons (Fsp3) is 0.0625. The Bertz CT molecular complexity index is 963. The van der Waals surface area contributed by atoms with E-state index in [1.54, 1.807) is 0 Å². The van der Waals surface area contributed by atoms with Gasteiger partial charge in [-0.3, -0.25) is 4.79 Å². The van der Waals surface area contributed by atoms with Crippen molar-refractivity contribution in [3.63, 3.8) is 0 Å². The molecule has 0 aliphatic heterocycles. The number of phenolic OH excluding ortho intramolecular Hbond substituents is 2. The van der Waals surface area contributed by atoms with E-state index in [2.05, 4.69) is 6.58 Å². The Morgan fingerprint density at radius 1 is 1.17 bits per heavy atom. The van der Waals surface area contributed by atoms with Crippen LogP contribution < -0.4 is 16.1 Å². The predicted octanol–water partition coefficient (Wildman–Crippen LogP) is 0.962. The zero-order valence-electron chi connectivity index (χ0n) is 12.1. The molecule has 23 heavy (non-hydrogen) atoms. The molecule has 0 bridgehead atoms. The fourth-order valence-electron chi connectivity index (χ4n) is 1.96. The van der Waals surface area contributed by atoms with Gasteiger partial charge in [0.1, 0.15) is 16.4 Å². The third-order valence-electron chi connectivity index (χ3n) is 3.00. The van der Waals surface area contributed by atoms with E-state index in [1.807, 2.05) is 0 Å². The molecule has 0 spiro atoms. The van der Waals surface area contributed by atoms with Crippen LogP contribution in [0.2, 0.25) is 0 Å². The second-order valence-corrected chi connectivity index (χ2v) is 4.78. The minimum Gasteiger partial charge on any atom is -0.512 e. The smallest absolute Gasteiger partial charge is 0.238 e. The SMILES string of the molecule is C=c1oc(-c2ccc(O)c(O)c2)c(O)c(=O)/c1=C(O)/C=C(\C)O. The van der Waals surface area contributed by atoms with E-state index in [4.69, 9.17) is 9.52 Å². The summed E-state index contributed by atoms with van der Waals surface area (Å²) in [6.45, 7) is 4.78. The first-order valence-electron chi connectivity index (χ1n) is 6.40. The molecule has 7 heteroatoms. The van der Waals surface area contributed by atoms with Gasteiger partial charge in [-0.25, -0.2) is 0 Å². The highest BCUT2D eigenvalue weighted by Gasteiger charge is 2.16. The minimum atomic E-state index is -0.959. The Hall–Kier alpha value is -3.35. The number of allylic oxidation sites excluding steroid dienone is 1. The highest BCUT2D eigenvalue weighted by molar-refractivity contribution is 5.67. The lowest BCUT2D eigenvalue weighted by molar-refractivity contribution is 0.402. The van der Waals surface area contributed by atoms with Gasteiger partial charge >= 0.3 is 0 Å². The van der Waals surface area contributed by atoms with Crippen LogP contribution in [0.15, 0.2) is 39.2 Å².